The van der Waals surface area contributed by atoms with E-state index in [0.717, 1.165) is 11.1 Å². The molecule has 2 amide bonds. The van der Waals surface area contributed by atoms with E-state index >= 15 is 0 Å². The molecular formula is C23H25NO4. The molecule has 2 atom stereocenters. The zero-order valence-electron chi connectivity index (χ0n) is 15.8. The molecule has 3 rings (SSSR count). The van der Waals surface area contributed by atoms with Crippen LogP contribution in [0.1, 0.15) is 17.5 Å². The molecule has 28 heavy (non-hydrogen) atoms. The summed E-state index contributed by atoms with van der Waals surface area (Å²) in [5.41, 5.74) is 2.10. The first kappa shape index (κ1) is 19.8. The molecule has 5 heteroatoms. The van der Waals surface area contributed by atoms with Gasteiger partial charge in [-0.1, -0.05) is 66.7 Å². The van der Waals surface area contributed by atoms with Crippen LogP contribution in [0.15, 0.2) is 73.3 Å². The molecule has 5 nitrogen and oxygen atoms in total. The molecule has 1 heterocycles. The lowest BCUT2D eigenvalue weighted by Gasteiger charge is -2.24. The number of hydrogen-bond acceptors (Lipinski definition) is 4. The van der Waals surface area contributed by atoms with Crippen molar-refractivity contribution in [2.75, 3.05) is 13.2 Å². The Morgan fingerprint density at radius 3 is 2.43 bits per heavy atom. The second-order valence-corrected chi connectivity index (χ2v) is 6.85. The first-order valence-corrected chi connectivity index (χ1v) is 9.45. The number of rotatable bonds is 9. The number of allylic oxidation sites excluding steroid dienone is 1. The Hall–Kier alpha value is -2.92. The Morgan fingerprint density at radius 1 is 1.14 bits per heavy atom. The van der Waals surface area contributed by atoms with Crippen molar-refractivity contribution in [1.82, 2.24) is 4.90 Å². The third-order valence-corrected chi connectivity index (χ3v) is 4.74. The quantitative estimate of drug-likeness (QED) is 0.618. The predicted molar refractivity (Wildman–Crippen MR) is 107 cm³/mol. The number of imide groups is 1. The normalized spacial score (nSPS) is 17.2. The number of hydrogen-bond donors (Lipinski definition) is 0. The van der Waals surface area contributed by atoms with E-state index in [9.17, 15) is 9.59 Å². The zero-order chi connectivity index (χ0) is 19.8. The first-order chi connectivity index (χ1) is 13.7. The summed E-state index contributed by atoms with van der Waals surface area (Å²) in [5, 5.41) is 0. The van der Waals surface area contributed by atoms with Gasteiger partial charge in [0, 0.05) is 0 Å². The van der Waals surface area contributed by atoms with Crippen molar-refractivity contribution >= 4 is 12.0 Å². The maximum atomic E-state index is 13.1. The Labute approximate surface area is 165 Å². The van der Waals surface area contributed by atoms with Gasteiger partial charge in [0.2, 0.25) is 5.91 Å². The second kappa shape index (κ2) is 9.85. The standard InChI is InChI=1S/C23H25NO4/c1-2-9-20(16-27-15-19-12-7-4-8-13-19)22(25)24-21(17-28-23(24)26)14-18-10-5-3-6-11-18/h2-8,10-13,20-21H,1,9,14-17H2/t20-,21+/m0/s1. The first-order valence-electron chi connectivity index (χ1n) is 9.45. The van der Waals surface area contributed by atoms with E-state index in [1.807, 2.05) is 60.7 Å². The molecule has 0 spiro atoms. The van der Waals surface area contributed by atoms with Gasteiger partial charge in [-0.25, -0.2) is 9.69 Å². The number of carbonyl (C=O) groups is 2. The molecule has 0 unspecified atom stereocenters. The fourth-order valence-electron chi connectivity index (χ4n) is 3.30. The van der Waals surface area contributed by atoms with Gasteiger partial charge in [-0.15, -0.1) is 6.58 Å². The van der Waals surface area contributed by atoms with Crippen LogP contribution in [0, 0.1) is 5.92 Å². The molecular weight excluding hydrogens is 354 g/mol. The summed E-state index contributed by atoms with van der Waals surface area (Å²) in [4.78, 5) is 26.6. The molecule has 2 aromatic rings. The third-order valence-electron chi connectivity index (χ3n) is 4.74. The Morgan fingerprint density at radius 2 is 1.79 bits per heavy atom. The third kappa shape index (κ3) is 5.08. The monoisotopic (exact) mass is 379 g/mol. The van der Waals surface area contributed by atoms with Gasteiger partial charge in [0.1, 0.15) is 6.61 Å². The van der Waals surface area contributed by atoms with Crippen molar-refractivity contribution < 1.29 is 19.1 Å². The van der Waals surface area contributed by atoms with E-state index < -0.39 is 12.0 Å². The van der Waals surface area contributed by atoms with Gasteiger partial charge in [0.25, 0.3) is 0 Å². The number of carbonyl (C=O) groups excluding carboxylic acids is 2. The van der Waals surface area contributed by atoms with Crippen molar-refractivity contribution in [3.8, 4) is 0 Å². The van der Waals surface area contributed by atoms with Gasteiger partial charge < -0.3 is 9.47 Å². The molecule has 1 aliphatic heterocycles. The second-order valence-electron chi connectivity index (χ2n) is 6.85. The Kier molecular flexibility index (Phi) is 6.98. The van der Waals surface area contributed by atoms with Crippen LogP contribution in [0.4, 0.5) is 4.79 Å². The number of amides is 2. The molecule has 146 valence electrons. The fraction of sp³-hybridized carbons (Fsp3) is 0.304. The largest absolute Gasteiger partial charge is 0.447 e. The summed E-state index contributed by atoms with van der Waals surface area (Å²) in [6.07, 6.45) is 2.12. The van der Waals surface area contributed by atoms with Gasteiger partial charge in [-0.05, 0) is 24.0 Å². The highest BCUT2D eigenvalue weighted by molar-refractivity contribution is 5.95. The summed E-state index contributed by atoms with van der Waals surface area (Å²) >= 11 is 0. The topological polar surface area (TPSA) is 55.8 Å². The summed E-state index contributed by atoms with van der Waals surface area (Å²) in [6.45, 7) is 4.59. The van der Waals surface area contributed by atoms with Crippen LogP contribution in [0.5, 0.6) is 0 Å². The number of benzene rings is 2. The summed E-state index contributed by atoms with van der Waals surface area (Å²) in [6, 6.07) is 19.3. The van der Waals surface area contributed by atoms with Crippen LogP contribution in [0.25, 0.3) is 0 Å². The van der Waals surface area contributed by atoms with E-state index in [2.05, 4.69) is 6.58 Å². The minimum atomic E-state index is -0.581. The maximum absolute atomic E-state index is 13.1. The van der Waals surface area contributed by atoms with E-state index in [4.69, 9.17) is 9.47 Å². The van der Waals surface area contributed by atoms with Crippen LogP contribution < -0.4 is 0 Å². The number of ether oxygens (including phenoxy) is 2. The van der Waals surface area contributed by atoms with Crippen LogP contribution in [-0.4, -0.2) is 36.2 Å². The summed E-state index contributed by atoms with van der Waals surface area (Å²) in [7, 11) is 0. The van der Waals surface area contributed by atoms with Gasteiger partial charge in [0.05, 0.1) is 25.2 Å². The summed E-state index contributed by atoms with van der Waals surface area (Å²) in [5.74, 6) is -0.735. The van der Waals surface area contributed by atoms with Gasteiger partial charge in [-0.2, -0.15) is 0 Å². The average molecular weight is 379 g/mol. The van der Waals surface area contributed by atoms with Crippen LogP contribution in [0.3, 0.4) is 0 Å². The van der Waals surface area contributed by atoms with Gasteiger partial charge in [0.15, 0.2) is 0 Å². The maximum Gasteiger partial charge on any atom is 0.416 e. The van der Waals surface area contributed by atoms with Gasteiger partial charge >= 0.3 is 6.09 Å². The van der Waals surface area contributed by atoms with E-state index in [-0.39, 0.29) is 25.2 Å². The minimum Gasteiger partial charge on any atom is -0.447 e. The lowest BCUT2D eigenvalue weighted by molar-refractivity contribution is -0.135. The van der Waals surface area contributed by atoms with Crippen molar-refractivity contribution in [2.45, 2.75) is 25.5 Å². The highest BCUT2D eigenvalue weighted by Gasteiger charge is 2.40. The molecule has 0 aromatic heterocycles. The zero-order valence-corrected chi connectivity index (χ0v) is 15.8. The smallest absolute Gasteiger partial charge is 0.416 e. The lowest BCUT2D eigenvalue weighted by atomic mass is 10.0. The Balaban J connectivity index is 1.64. The molecule has 0 radical (unpaired) electrons. The molecule has 1 fully saturated rings. The van der Waals surface area contributed by atoms with E-state index in [1.54, 1.807) is 6.08 Å². The molecule has 0 aliphatic carbocycles. The van der Waals surface area contributed by atoms with Crippen molar-refractivity contribution in [3.05, 3.63) is 84.4 Å². The molecule has 1 saturated heterocycles. The summed E-state index contributed by atoms with van der Waals surface area (Å²) < 4.78 is 10.9. The molecule has 2 aromatic carbocycles. The van der Waals surface area contributed by atoms with Crippen LogP contribution >= 0.6 is 0 Å². The predicted octanol–water partition coefficient (Wildman–Crippen LogP) is 3.99. The van der Waals surface area contributed by atoms with E-state index in [0.29, 0.717) is 19.4 Å². The lowest BCUT2D eigenvalue weighted by Crippen LogP contribution is -2.44. The Bertz CT molecular complexity index is 791. The SMILES string of the molecule is C=CC[C@@H](COCc1ccccc1)C(=O)N1C(=O)OC[C@H]1Cc1ccccc1. The number of cyclic esters (lactones) is 1. The highest BCUT2D eigenvalue weighted by Crippen LogP contribution is 2.22. The van der Waals surface area contributed by atoms with Crippen molar-refractivity contribution in [1.29, 1.82) is 0 Å². The average Bonchev–Trinajstić information content (AvgIpc) is 3.08. The fourth-order valence-corrected chi connectivity index (χ4v) is 3.30. The molecule has 0 saturated carbocycles. The highest BCUT2D eigenvalue weighted by atomic mass is 16.6. The number of nitrogens with zero attached hydrogens (tertiary/aromatic N) is 1. The molecule has 0 bridgehead atoms. The molecule has 0 N–H and O–H groups in total. The van der Waals surface area contributed by atoms with Crippen molar-refractivity contribution in [2.24, 2.45) is 5.92 Å². The van der Waals surface area contributed by atoms with Crippen LogP contribution in [0.2, 0.25) is 0 Å². The van der Waals surface area contributed by atoms with Gasteiger partial charge in [-0.3, -0.25) is 4.79 Å². The van der Waals surface area contributed by atoms with E-state index in [1.165, 1.54) is 4.90 Å². The van der Waals surface area contributed by atoms with Crippen LogP contribution in [-0.2, 0) is 27.3 Å². The molecule has 1 aliphatic rings. The minimum absolute atomic E-state index is 0.213. The van der Waals surface area contributed by atoms with Crippen molar-refractivity contribution in [3.63, 3.8) is 0 Å².